The maximum atomic E-state index is 12.6. The summed E-state index contributed by atoms with van der Waals surface area (Å²) in [6.45, 7) is 9.75. The van der Waals surface area contributed by atoms with Crippen molar-refractivity contribution in [2.45, 2.75) is 52.4 Å². The lowest BCUT2D eigenvalue weighted by molar-refractivity contribution is 0.119. The number of nitrogens with one attached hydrogen (secondary N) is 1. The molecule has 5 heteroatoms. The Morgan fingerprint density at radius 3 is 1.95 bits per heavy atom. The summed E-state index contributed by atoms with van der Waals surface area (Å²) >= 11 is 0. The van der Waals surface area contributed by atoms with Gasteiger partial charge in [0, 0.05) is 18.6 Å². The first kappa shape index (κ1) is 18.1. The Bertz CT molecular complexity index is 558. The van der Waals surface area contributed by atoms with Crippen LogP contribution in [0.15, 0.2) is 17.0 Å². The number of sulfonamides is 1. The average Bonchev–Trinajstić information content (AvgIpc) is 2.39. The van der Waals surface area contributed by atoms with E-state index in [1.54, 1.807) is 0 Å². The third kappa shape index (κ3) is 4.05. The topological polar surface area (TPSA) is 66.4 Å². The zero-order chi connectivity index (χ0) is 16.3. The van der Waals surface area contributed by atoms with E-state index in [-0.39, 0.29) is 18.6 Å². The Kier molecular flexibility index (Phi) is 5.96. The second-order valence-corrected chi connectivity index (χ2v) is 7.62. The molecule has 4 nitrogen and oxygen atoms in total. The van der Waals surface area contributed by atoms with Gasteiger partial charge in [0.2, 0.25) is 10.0 Å². The molecule has 0 aromatic heterocycles. The predicted molar refractivity (Wildman–Crippen MR) is 85.9 cm³/mol. The van der Waals surface area contributed by atoms with Gasteiger partial charge < -0.3 is 5.11 Å². The van der Waals surface area contributed by atoms with Gasteiger partial charge in [-0.2, -0.15) is 0 Å². The van der Waals surface area contributed by atoms with Crippen LogP contribution in [0.4, 0.5) is 0 Å². The molecule has 120 valence electrons. The Labute approximate surface area is 128 Å². The molecular formula is C16H27NO3S. The number of aliphatic hydroxyl groups excluding tert-OH is 1. The van der Waals surface area contributed by atoms with Crippen molar-refractivity contribution in [3.05, 3.63) is 28.8 Å². The van der Waals surface area contributed by atoms with Gasteiger partial charge in [0.1, 0.15) is 0 Å². The third-order valence-electron chi connectivity index (χ3n) is 4.35. The van der Waals surface area contributed by atoms with Crippen molar-refractivity contribution in [3.63, 3.8) is 0 Å². The van der Waals surface area contributed by atoms with E-state index in [0.29, 0.717) is 4.90 Å². The van der Waals surface area contributed by atoms with Gasteiger partial charge in [0.05, 0.1) is 4.90 Å². The van der Waals surface area contributed by atoms with E-state index in [9.17, 15) is 13.5 Å². The molecule has 21 heavy (non-hydrogen) atoms. The van der Waals surface area contributed by atoms with Crippen molar-refractivity contribution in [2.75, 3.05) is 13.2 Å². The highest BCUT2D eigenvalue weighted by molar-refractivity contribution is 7.89. The van der Waals surface area contributed by atoms with Crippen LogP contribution in [0.5, 0.6) is 0 Å². The van der Waals surface area contributed by atoms with Crippen LogP contribution in [0.1, 0.15) is 43.4 Å². The highest BCUT2D eigenvalue weighted by Gasteiger charge is 2.29. The first-order chi connectivity index (χ1) is 9.71. The summed E-state index contributed by atoms with van der Waals surface area (Å²) in [6.07, 6.45) is 1.46. The molecule has 0 aliphatic heterocycles. The predicted octanol–water partition coefficient (Wildman–Crippen LogP) is 2.69. The van der Waals surface area contributed by atoms with E-state index >= 15 is 0 Å². The molecule has 0 atom stereocenters. The Morgan fingerprint density at radius 2 is 1.57 bits per heavy atom. The minimum absolute atomic E-state index is 0.0195. The van der Waals surface area contributed by atoms with E-state index in [4.69, 9.17) is 0 Å². The Balaban J connectivity index is 3.09. The van der Waals surface area contributed by atoms with Crippen LogP contribution in [-0.2, 0) is 10.0 Å². The number of benzene rings is 1. The SMILES string of the molecule is CCC(CC)(CO)CNS(=O)(=O)c1c(C)cc(C)cc1C. The van der Waals surface area contributed by atoms with Crippen LogP contribution in [0.3, 0.4) is 0 Å². The van der Waals surface area contributed by atoms with Crippen LogP contribution in [0, 0.1) is 26.2 Å². The highest BCUT2D eigenvalue weighted by Crippen LogP contribution is 2.26. The normalized spacial score (nSPS) is 12.7. The van der Waals surface area contributed by atoms with E-state index in [1.807, 2.05) is 46.8 Å². The van der Waals surface area contributed by atoms with Crippen molar-refractivity contribution in [3.8, 4) is 0 Å². The van der Waals surface area contributed by atoms with E-state index in [2.05, 4.69) is 4.72 Å². The van der Waals surface area contributed by atoms with E-state index < -0.39 is 10.0 Å². The maximum Gasteiger partial charge on any atom is 0.241 e. The number of hydrogen-bond donors (Lipinski definition) is 2. The lowest BCUT2D eigenvalue weighted by atomic mass is 9.84. The molecule has 0 unspecified atom stereocenters. The molecule has 0 fully saturated rings. The maximum absolute atomic E-state index is 12.6. The van der Waals surface area contributed by atoms with Gasteiger partial charge in [0.15, 0.2) is 0 Å². The van der Waals surface area contributed by atoms with Gasteiger partial charge in [-0.1, -0.05) is 31.5 Å². The fourth-order valence-electron chi connectivity index (χ4n) is 2.69. The largest absolute Gasteiger partial charge is 0.396 e. The van der Waals surface area contributed by atoms with Gasteiger partial charge in [-0.25, -0.2) is 13.1 Å². The molecule has 0 heterocycles. The molecule has 0 saturated carbocycles. The molecular weight excluding hydrogens is 286 g/mol. The minimum atomic E-state index is -3.56. The van der Waals surface area contributed by atoms with Crippen LogP contribution in [0.25, 0.3) is 0 Å². The quantitative estimate of drug-likeness (QED) is 0.813. The Hall–Kier alpha value is -0.910. The zero-order valence-electron chi connectivity index (χ0n) is 13.7. The van der Waals surface area contributed by atoms with Gasteiger partial charge in [-0.3, -0.25) is 0 Å². The van der Waals surface area contributed by atoms with Gasteiger partial charge >= 0.3 is 0 Å². The van der Waals surface area contributed by atoms with Crippen LogP contribution in [-0.4, -0.2) is 26.7 Å². The molecule has 1 aromatic rings. The summed E-state index contributed by atoms with van der Waals surface area (Å²) in [7, 11) is -3.56. The molecule has 2 N–H and O–H groups in total. The van der Waals surface area contributed by atoms with Crippen molar-refractivity contribution in [2.24, 2.45) is 5.41 Å². The van der Waals surface area contributed by atoms with E-state index in [1.165, 1.54) is 0 Å². The number of aliphatic hydroxyl groups is 1. The number of aryl methyl sites for hydroxylation is 3. The van der Waals surface area contributed by atoms with Crippen LogP contribution < -0.4 is 4.72 Å². The molecule has 0 spiro atoms. The Morgan fingerprint density at radius 1 is 1.10 bits per heavy atom. The van der Waals surface area contributed by atoms with E-state index in [0.717, 1.165) is 29.5 Å². The average molecular weight is 313 g/mol. The van der Waals surface area contributed by atoms with Crippen LogP contribution in [0.2, 0.25) is 0 Å². The first-order valence-electron chi connectivity index (χ1n) is 7.39. The summed E-state index contributed by atoms with van der Waals surface area (Å²) in [5, 5.41) is 9.55. The summed E-state index contributed by atoms with van der Waals surface area (Å²) in [5.41, 5.74) is 2.17. The van der Waals surface area contributed by atoms with Crippen molar-refractivity contribution >= 4 is 10.0 Å². The smallest absolute Gasteiger partial charge is 0.241 e. The number of hydrogen-bond acceptors (Lipinski definition) is 3. The van der Waals surface area contributed by atoms with Crippen molar-refractivity contribution in [1.29, 1.82) is 0 Å². The molecule has 0 radical (unpaired) electrons. The standard InChI is InChI=1S/C16H27NO3S/c1-6-16(7-2,11-18)10-17-21(19,20)15-13(4)8-12(3)9-14(15)5/h8-9,17-18H,6-7,10-11H2,1-5H3. The van der Waals surface area contributed by atoms with Gasteiger partial charge in [-0.05, 0) is 44.7 Å². The van der Waals surface area contributed by atoms with Gasteiger partial charge in [0.25, 0.3) is 0 Å². The third-order valence-corrected chi connectivity index (χ3v) is 6.05. The monoisotopic (exact) mass is 313 g/mol. The summed E-state index contributed by atoms with van der Waals surface area (Å²) < 4.78 is 27.9. The second kappa shape index (κ2) is 6.90. The molecule has 0 aliphatic carbocycles. The van der Waals surface area contributed by atoms with Gasteiger partial charge in [-0.15, -0.1) is 0 Å². The molecule has 0 saturated heterocycles. The zero-order valence-corrected chi connectivity index (χ0v) is 14.5. The van der Waals surface area contributed by atoms with Crippen molar-refractivity contribution in [1.82, 2.24) is 4.72 Å². The first-order valence-corrected chi connectivity index (χ1v) is 8.88. The lowest BCUT2D eigenvalue weighted by Gasteiger charge is -2.29. The van der Waals surface area contributed by atoms with Crippen molar-refractivity contribution < 1.29 is 13.5 Å². The summed E-state index contributed by atoms with van der Waals surface area (Å²) in [4.78, 5) is 0.354. The second-order valence-electron chi connectivity index (χ2n) is 5.92. The fraction of sp³-hybridized carbons (Fsp3) is 0.625. The molecule has 1 rings (SSSR count). The summed E-state index contributed by atoms with van der Waals surface area (Å²) in [6, 6.07) is 3.75. The molecule has 0 aliphatic rings. The summed E-state index contributed by atoms with van der Waals surface area (Å²) in [5.74, 6) is 0. The highest BCUT2D eigenvalue weighted by atomic mass is 32.2. The van der Waals surface area contributed by atoms with Crippen LogP contribution >= 0.6 is 0 Å². The molecule has 1 aromatic carbocycles. The molecule has 0 bridgehead atoms. The fourth-order valence-corrected chi connectivity index (χ4v) is 4.30. The lowest BCUT2D eigenvalue weighted by Crippen LogP contribution is -2.39. The molecule has 0 amide bonds. The minimum Gasteiger partial charge on any atom is -0.396 e. The number of rotatable bonds is 7.